The molecule has 0 aliphatic carbocycles. The van der Waals surface area contributed by atoms with E-state index in [2.05, 4.69) is 26.7 Å². The smallest absolute Gasteiger partial charge is 0.100 e. The van der Waals surface area contributed by atoms with Crippen molar-refractivity contribution in [3.63, 3.8) is 0 Å². The number of hydrogen-bond donors (Lipinski definition) is 1. The Morgan fingerprint density at radius 1 is 1.21 bits per heavy atom. The van der Waals surface area contributed by atoms with Gasteiger partial charge in [-0.3, -0.25) is 9.55 Å². The maximum absolute atomic E-state index is 5.88. The third-order valence-corrected chi connectivity index (χ3v) is 3.35. The fourth-order valence-electron chi connectivity index (χ4n) is 2.45. The number of fused-ring (bicyclic) bond motifs is 1. The van der Waals surface area contributed by atoms with Gasteiger partial charge in [0, 0.05) is 23.5 Å². The fourth-order valence-corrected chi connectivity index (χ4v) is 2.45. The molecule has 2 heterocycles. The van der Waals surface area contributed by atoms with Crippen LogP contribution in [0, 0.1) is 13.8 Å². The molecule has 0 bridgehead atoms. The van der Waals surface area contributed by atoms with Crippen molar-refractivity contribution in [1.82, 2.24) is 14.5 Å². The van der Waals surface area contributed by atoms with E-state index in [-0.39, 0.29) is 0 Å². The molecule has 0 spiro atoms. The van der Waals surface area contributed by atoms with Crippen molar-refractivity contribution < 1.29 is 0 Å². The molecule has 0 aliphatic heterocycles. The van der Waals surface area contributed by atoms with E-state index in [4.69, 9.17) is 5.73 Å². The van der Waals surface area contributed by atoms with E-state index in [0.717, 1.165) is 33.7 Å². The van der Waals surface area contributed by atoms with Crippen molar-refractivity contribution in [2.45, 2.75) is 20.4 Å². The lowest BCUT2D eigenvalue weighted by Crippen LogP contribution is -2.08. The van der Waals surface area contributed by atoms with Crippen LogP contribution in [0.15, 0.2) is 36.7 Å². The van der Waals surface area contributed by atoms with Crippen LogP contribution in [0.25, 0.3) is 16.7 Å². The number of aromatic nitrogens is 3. The van der Waals surface area contributed by atoms with Crippen LogP contribution in [0.2, 0.25) is 0 Å². The molecule has 0 saturated heterocycles. The standard InChI is InChI=1S/C15H16N4/c1-10-7-15(12(8-16)11(2)18-10)19-9-17-13-5-3-4-6-14(13)19/h3-7,9H,8,16H2,1-2H3. The number of rotatable bonds is 2. The van der Waals surface area contributed by atoms with Crippen molar-refractivity contribution >= 4 is 11.0 Å². The molecular weight excluding hydrogens is 236 g/mol. The molecule has 1 aromatic carbocycles. The molecule has 2 aromatic heterocycles. The fraction of sp³-hybridized carbons (Fsp3) is 0.200. The van der Waals surface area contributed by atoms with Crippen LogP contribution < -0.4 is 5.73 Å². The van der Waals surface area contributed by atoms with Gasteiger partial charge in [0.25, 0.3) is 0 Å². The lowest BCUT2D eigenvalue weighted by atomic mass is 10.1. The van der Waals surface area contributed by atoms with Crippen LogP contribution >= 0.6 is 0 Å². The average Bonchev–Trinajstić information content (AvgIpc) is 2.81. The minimum atomic E-state index is 0.473. The monoisotopic (exact) mass is 252 g/mol. The Labute approximate surface area is 111 Å². The Balaban J connectivity index is 2.32. The zero-order valence-electron chi connectivity index (χ0n) is 11.1. The maximum Gasteiger partial charge on any atom is 0.100 e. The number of nitrogens with two attached hydrogens (primary N) is 1. The molecule has 4 nitrogen and oxygen atoms in total. The summed E-state index contributed by atoms with van der Waals surface area (Å²) in [5, 5.41) is 0. The van der Waals surface area contributed by atoms with Gasteiger partial charge in [0.05, 0.1) is 16.7 Å². The Bertz CT molecular complexity index is 743. The van der Waals surface area contributed by atoms with Gasteiger partial charge >= 0.3 is 0 Å². The largest absolute Gasteiger partial charge is 0.326 e. The Morgan fingerprint density at radius 3 is 2.79 bits per heavy atom. The molecule has 0 atom stereocenters. The van der Waals surface area contributed by atoms with Crippen LogP contribution in [0.5, 0.6) is 0 Å². The van der Waals surface area contributed by atoms with Gasteiger partial charge in [-0.05, 0) is 32.0 Å². The number of hydrogen-bond acceptors (Lipinski definition) is 3. The Hall–Kier alpha value is -2.20. The van der Waals surface area contributed by atoms with Gasteiger partial charge in [-0.1, -0.05) is 12.1 Å². The van der Waals surface area contributed by atoms with Crippen LogP contribution in [-0.2, 0) is 6.54 Å². The molecule has 0 fully saturated rings. The van der Waals surface area contributed by atoms with Gasteiger partial charge in [0.15, 0.2) is 0 Å². The van der Waals surface area contributed by atoms with E-state index in [0.29, 0.717) is 6.54 Å². The number of nitrogens with zero attached hydrogens (tertiary/aromatic N) is 3. The number of pyridine rings is 1. The highest BCUT2D eigenvalue weighted by Gasteiger charge is 2.11. The molecule has 0 aliphatic rings. The predicted octanol–water partition coefficient (Wildman–Crippen LogP) is 2.50. The topological polar surface area (TPSA) is 56.7 Å². The highest BCUT2D eigenvalue weighted by molar-refractivity contribution is 5.77. The van der Waals surface area contributed by atoms with Crippen LogP contribution in [-0.4, -0.2) is 14.5 Å². The molecule has 2 N–H and O–H groups in total. The summed E-state index contributed by atoms with van der Waals surface area (Å²) in [4.78, 5) is 8.91. The van der Waals surface area contributed by atoms with E-state index in [1.165, 1.54) is 0 Å². The summed E-state index contributed by atoms with van der Waals surface area (Å²) < 4.78 is 2.08. The lowest BCUT2D eigenvalue weighted by molar-refractivity contribution is 0.941. The van der Waals surface area contributed by atoms with Crippen LogP contribution in [0.1, 0.15) is 17.0 Å². The van der Waals surface area contributed by atoms with E-state index in [1.807, 2.05) is 38.4 Å². The number of para-hydroxylation sites is 2. The minimum Gasteiger partial charge on any atom is -0.326 e. The number of imidazole rings is 1. The quantitative estimate of drug-likeness (QED) is 0.762. The minimum absolute atomic E-state index is 0.473. The second kappa shape index (κ2) is 4.48. The van der Waals surface area contributed by atoms with E-state index >= 15 is 0 Å². The molecule has 0 radical (unpaired) electrons. The molecular formula is C15H16N4. The summed E-state index contributed by atoms with van der Waals surface area (Å²) in [6.07, 6.45) is 1.85. The lowest BCUT2D eigenvalue weighted by Gasteiger charge is -2.13. The zero-order chi connectivity index (χ0) is 13.4. The second-order valence-corrected chi connectivity index (χ2v) is 4.65. The van der Waals surface area contributed by atoms with E-state index in [9.17, 15) is 0 Å². The van der Waals surface area contributed by atoms with Gasteiger partial charge in [-0.25, -0.2) is 4.98 Å². The highest BCUT2D eigenvalue weighted by atomic mass is 15.1. The second-order valence-electron chi connectivity index (χ2n) is 4.65. The first-order valence-electron chi connectivity index (χ1n) is 6.30. The first-order chi connectivity index (χ1) is 9.20. The summed E-state index contributed by atoms with van der Waals surface area (Å²) >= 11 is 0. The van der Waals surface area contributed by atoms with Crippen molar-refractivity contribution in [2.24, 2.45) is 5.73 Å². The van der Waals surface area contributed by atoms with Gasteiger partial charge in [0.2, 0.25) is 0 Å². The summed E-state index contributed by atoms with van der Waals surface area (Å²) in [5.74, 6) is 0. The van der Waals surface area contributed by atoms with E-state index < -0.39 is 0 Å². The van der Waals surface area contributed by atoms with Crippen molar-refractivity contribution in [2.75, 3.05) is 0 Å². The normalized spacial score (nSPS) is 11.1. The first kappa shape index (κ1) is 11.9. The van der Waals surface area contributed by atoms with Crippen molar-refractivity contribution in [3.05, 3.63) is 53.6 Å². The highest BCUT2D eigenvalue weighted by Crippen LogP contribution is 2.23. The van der Waals surface area contributed by atoms with Gasteiger partial charge in [0.1, 0.15) is 6.33 Å². The molecule has 0 unspecified atom stereocenters. The zero-order valence-corrected chi connectivity index (χ0v) is 11.1. The Kier molecular flexibility index (Phi) is 2.80. The molecule has 4 heteroatoms. The molecule has 19 heavy (non-hydrogen) atoms. The van der Waals surface area contributed by atoms with Crippen molar-refractivity contribution in [1.29, 1.82) is 0 Å². The molecule has 3 rings (SSSR count). The summed E-state index contributed by atoms with van der Waals surface area (Å²) in [5.41, 5.74) is 12.1. The van der Waals surface area contributed by atoms with Crippen molar-refractivity contribution in [3.8, 4) is 5.69 Å². The molecule has 96 valence electrons. The third kappa shape index (κ3) is 1.90. The van der Waals surface area contributed by atoms with Crippen LogP contribution in [0.4, 0.5) is 0 Å². The molecule has 0 saturated carbocycles. The summed E-state index contributed by atoms with van der Waals surface area (Å²) in [6.45, 7) is 4.47. The SMILES string of the molecule is Cc1cc(-n2cnc3ccccc32)c(CN)c(C)n1. The van der Waals surface area contributed by atoms with Crippen LogP contribution in [0.3, 0.4) is 0 Å². The van der Waals surface area contributed by atoms with Gasteiger partial charge in [-0.15, -0.1) is 0 Å². The maximum atomic E-state index is 5.88. The predicted molar refractivity (Wildman–Crippen MR) is 76.2 cm³/mol. The molecule has 0 amide bonds. The van der Waals surface area contributed by atoms with E-state index in [1.54, 1.807) is 0 Å². The summed E-state index contributed by atoms with van der Waals surface area (Å²) in [6, 6.07) is 10.1. The number of benzene rings is 1. The summed E-state index contributed by atoms with van der Waals surface area (Å²) in [7, 11) is 0. The van der Waals surface area contributed by atoms with Gasteiger partial charge < -0.3 is 5.73 Å². The average molecular weight is 252 g/mol. The third-order valence-electron chi connectivity index (χ3n) is 3.35. The first-order valence-corrected chi connectivity index (χ1v) is 6.30. The van der Waals surface area contributed by atoms with Gasteiger partial charge in [-0.2, -0.15) is 0 Å². The Morgan fingerprint density at radius 2 is 2.00 bits per heavy atom. The number of aryl methyl sites for hydroxylation is 2. The molecule has 3 aromatic rings.